The third-order valence-electron chi connectivity index (χ3n) is 6.38. The molecule has 1 amide bonds. The highest BCUT2D eigenvalue weighted by molar-refractivity contribution is 6.18. The van der Waals surface area contributed by atoms with E-state index in [1.54, 1.807) is 0 Å². The largest absolute Gasteiger partial charge is 0.338 e. The van der Waals surface area contributed by atoms with Crippen molar-refractivity contribution in [1.82, 2.24) is 4.90 Å². The Morgan fingerprint density at radius 2 is 1.85 bits per heavy atom. The first kappa shape index (κ1) is 13.4. The topological polar surface area (TPSA) is 20.3 Å². The number of alkyl halides is 1. The summed E-state index contributed by atoms with van der Waals surface area (Å²) in [5.41, 5.74) is 0.448. The normalized spacial score (nSPS) is 45.7. The number of nitrogens with zero attached hydrogens (tertiary/aromatic N) is 1. The molecule has 5 fully saturated rings. The van der Waals surface area contributed by atoms with Gasteiger partial charge in [0.05, 0.1) is 5.41 Å². The van der Waals surface area contributed by atoms with Gasteiger partial charge in [0.25, 0.3) is 0 Å². The van der Waals surface area contributed by atoms with E-state index in [2.05, 4.69) is 11.8 Å². The number of hydrogen-bond donors (Lipinski definition) is 0. The molecule has 5 aliphatic rings. The van der Waals surface area contributed by atoms with E-state index in [9.17, 15) is 4.79 Å². The second kappa shape index (κ2) is 4.38. The minimum absolute atomic E-state index is 0.00647. The summed E-state index contributed by atoms with van der Waals surface area (Å²) in [7, 11) is 0. The first-order valence-electron chi connectivity index (χ1n) is 8.41. The molecule has 4 bridgehead atoms. The summed E-state index contributed by atoms with van der Waals surface area (Å²) in [4.78, 5) is 15.4. The predicted octanol–water partition coefficient (Wildman–Crippen LogP) is 3.82. The smallest absolute Gasteiger partial charge is 0.229 e. The lowest BCUT2D eigenvalue weighted by atomic mass is 9.44. The van der Waals surface area contributed by atoms with Crippen LogP contribution in [0.2, 0.25) is 0 Å². The number of halogens is 1. The number of rotatable bonds is 4. The van der Waals surface area contributed by atoms with Crippen LogP contribution in [-0.2, 0) is 4.79 Å². The maximum absolute atomic E-state index is 13.3. The molecular formula is C17H26ClNO. The molecule has 5 aliphatic carbocycles. The van der Waals surface area contributed by atoms with Crippen LogP contribution in [0.5, 0.6) is 0 Å². The van der Waals surface area contributed by atoms with Crippen molar-refractivity contribution in [2.45, 2.75) is 64.3 Å². The van der Waals surface area contributed by atoms with Gasteiger partial charge in [-0.25, -0.2) is 0 Å². The van der Waals surface area contributed by atoms with Crippen molar-refractivity contribution in [1.29, 1.82) is 0 Å². The van der Waals surface area contributed by atoms with Gasteiger partial charge in [0.15, 0.2) is 0 Å². The third-order valence-corrected chi connectivity index (χ3v) is 6.55. The van der Waals surface area contributed by atoms with E-state index in [0.717, 1.165) is 24.8 Å². The summed E-state index contributed by atoms with van der Waals surface area (Å²) in [6.45, 7) is 3.20. The zero-order valence-electron chi connectivity index (χ0n) is 12.5. The quantitative estimate of drug-likeness (QED) is 0.722. The van der Waals surface area contributed by atoms with Crippen LogP contribution in [0.25, 0.3) is 0 Å². The highest BCUT2D eigenvalue weighted by Crippen LogP contribution is 2.65. The average Bonchev–Trinajstić information content (AvgIpc) is 3.16. The van der Waals surface area contributed by atoms with Gasteiger partial charge < -0.3 is 4.90 Å². The van der Waals surface area contributed by atoms with Crippen molar-refractivity contribution in [2.75, 3.05) is 12.4 Å². The Morgan fingerprint density at radius 1 is 1.20 bits per heavy atom. The van der Waals surface area contributed by atoms with E-state index in [1.165, 1.54) is 44.9 Å². The highest BCUT2D eigenvalue weighted by atomic mass is 35.5. The van der Waals surface area contributed by atoms with Crippen LogP contribution in [0, 0.1) is 22.7 Å². The first-order valence-corrected chi connectivity index (χ1v) is 8.94. The minimum atomic E-state index is -0.00647. The Kier molecular flexibility index (Phi) is 2.94. The average molecular weight is 296 g/mol. The molecule has 0 N–H and O–H groups in total. The lowest BCUT2D eigenvalue weighted by Crippen LogP contribution is -2.58. The van der Waals surface area contributed by atoms with E-state index in [1.807, 2.05) is 0 Å². The summed E-state index contributed by atoms with van der Waals surface area (Å²) in [6, 6.07) is 0.516. The molecule has 20 heavy (non-hydrogen) atoms. The van der Waals surface area contributed by atoms with E-state index < -0.39 is 0 Å². The van der Waals surface area contributed by atoms with Crippen molar-refractivity contribution in [3.05, 3.63) is 0 Å². The molecule has 0 saturated heterocycles. The standard InChI is InChI=1S/C17H26ClNO/c1-16-7-12-6-13(8-16)10-17(9-12,11-16)15(20)19(5-4-18)14-2-3-14/h12-14H,2-11H2,1H3. The molecule has 0 aromatic heterocycles. The van der Waals surface area contributed by atoms with Gasteiger partial charge in [-0.2, -0.15) is 0 Å². The first-order chi connectivity index (χ1) is 9.54. The molecule has 2 unspecified atom stereocenters. The number of amides is 1. The van der Waals surface area contributed by atoms with Gasteiger partial charge in [0.1, 0.15) is 0 Å². The maximum atomic E-state index is 13.3. The zero-order valence-corrected chi connectivity index (χ0v) is 13.3. The van der Waals surface area contributed by atoms with Gasteiger partial charge in [-0.15, -0.1) is 11.6 Å². The molecule has 5 rings (SSSR count). The van der Waals surface area contributed by atoms with Crippen LogP contribution >= 0.6 is 11.6 Å². The van der Waals surface area contributed by atoms with Gasteiger partial charge in [0, 0.05) is 18.5 Å². The highest BCUT2D eigenvalue weighted by Gasteiger charge is 2.60. The van der Waals surface area contributed by atoms with Crippen molar-refractivity contribution in [3.63, 3.8) is 0 Å². The number of hydrogen-bond acceptors (Lipinski definition) is 1. The van der Waals surface area contributed by atoms with Gasteiger partial charge in [-0.05, 0) is 68.6 Å². The van der Waals surface area contributed by atoms with Crippen molar-refractivity contribution in [3.8, 4) is 0 Å². The summed E-state index contributed by atoms with van der Waals surface area (Å²) in [5, 5.41) is 0. The fraction of sp³-hybridized carbons (Fsp3) is 0.941. The lowest BCUT2D eigenvalue weighted by molar-refractivity contribution is -0.166. The predicted molar refractivity (Wildman–Crippen MR) is 80.7 cm³/mol. The molecule has 0 aromatic rings. The maximum Gasteiger partial charge on any atom is 0.229 e. The molecule has 0 spiro atoms. The lowest BCUT2D eigenvalue weighted by Gasteiger charge is -2.61. The van der Waals surface area contributed by atoms with Crippen LogP contribution in [0.15, 0.2) is 0 Å². The van der Waals surface area contributed by atoms with Crippen molar-refractivity contribution in [2.24, 2.45) is 22.7 Å². The summed E-state index contributed by atoms with van der Waals surface area (Å²) >= 11 is 5.95. The van der Waals surface area contributed by atoms with Crippen LogP contribution < -0.4 is 0 Å². The van der Waals surface area contributed by atoms with Crippen molar-refractivity contribution < 1.29 is 4.79 Å². The van der Waals surface area contributed by atoms with Crippen molar-refractivity contribution >= 4 is 17.5 Å². The van der Waals surface area contributed by atoms with Crippen LogP contribution in [0.1, 0.15) is 58.3 Å². The second-order valence-electron chi connectivity index (χ2n) is 8.47. The molecule has 0 aliphatic heterocycles. The Bertz CT molecular complexity index is 417. The summed E-state index contributed by atoms with van der Waals surface area (Å²) < 4.78 is 0. The molecule has 5 saturated carbocycles. The Labute approximate surface area is 127 Å². The fourth-order valence-corrected chi connectivity index (χ4v) is 6.38. The minimum Gasteiger partial charge on any atom is -0.338 e. The van der Waals surface area contributed by atoms with E-state index in [4.69, 9.17) is 11.6 Å². The van der Waals surface area contributed by atoms with E-state index >= 15 is 0 Å². The summed E-state index contributed by atoms with van der Waals surface area (Å²) in [5.74, 6) is 2.70. The van der Waals surface area contributed by atoms with Gasteiger partial charge in [0.2, 0.25) is 5.91 Å². The zero-order chi connectivity index (χ0) is 14.0. The number of carbonyl (C=O) groups is 1. The molecule has 2 atom stereocenters. The van der Waals surface area contributed by atoms with Gasteiger partial charge >= 0.3 is 0 Å². The van der Waals surface area contributed by atoms with Crippen LogP contribution in [0.3, 0.4) is 0 Å². The Morgan fingerprint density at radius 3 is 2.35 bits per heavy atom. The van der Waals surface area contributed by atoms with Crippen LogP contribution in [-0.4, -0.2) is 29.3 Å². The summed E-state index contributed by atoms with van der Waals surface area (Å²) in [6.07, 6.45) is 10.0. The van der Waals surface area contributed by atoms with Gasteiger partial charge in [-0.1, -0.05) is 6.92 Å². The Hall–Kier alpha value is -0.240. The van der Waals surface area contributed by atoms with Gasteiger partial charge in [-0.3, -0.25) is 4.79 Å². The van der Waals surface area contributed by atoms with E-state index in [-0.39, 0.29) is 5.41 Å². The molecule has 3 heteroatoms. The molecule has 0 heterocycles. The molecule has 112 valence electrons. The van der Waals surface area contributed by atoms with E-state index in [0.29, 0.717) is 23.2 Å². The fourth-order valence-electron chi connectivity index (χ4n) is 6.20. The third kappa shape index (κ3) is 2.01. The molecule has 2 nitrogen and oxygen atoms in total. The van der Waals surface area contributed by atoms with Crippen LogP contribution in [0.4, 0.5) is 0 Å². The molecule has 0 aromatic carbocycles. The second-order valence-corrected chi connectivity index (χ2v) is 8.85. The SMILES string of the molecule is CC12CC3CC(C1)CC(C(=O)N(CCCl)C1CC1)(C3)C2. The number of carbonyl (C=O) groups excluding carboxylic acids is 1. The monoisotopic (exact) mass is 295 g/mol. The molecular weight excluding hydrogens is 270 g/mol. The Balaban J connectivity index is 1.61. The molecule has 0 radical (unpaired) electrons.